The molecule has 0 radical (unpaired) electrons. The molecule has 0 atom stereocenters. The van der Waals surface area contributed by atoms with Gasteiger partial charge in [0.25, 0.3) is 5.91 Å². The zero-order valence-corrected chi connectivity index (χ0v) is 18.1. The van der Waals surface area contributed by atoms with Crippen molar-refractivity contribution in [2.75, 3.05) is 64.3 Å². The first-order valence-corrected chi connectivity index (χ1v) is 11.1. The Balaban J connectivity index is 1.25. The van der Waals surface area contributed by atoms with Gasteiger partial charge in [-0.3, -0.25) is 4.79 Å². The van der Waals surface area contributed by atoms with Gasteiger partial charge in [-0.2, -0.15) is 0 Å². The Morgan fingerprint density at radius 1 is 0.967 bits per heavy atom. The van der Waals surface area contributed by atoms with Crippen LogP contribution in [-0.4, -0.2) is 65.3 Å². The van der Waals surface area contributed by atoms with Gasteiger partial charge in [0.15, 0.2) is 6.54 Å². The molecule has 3 N–H and O–H groups in total. The van der Waals surface area contributed by atoms with Crippen molar-refractivity contribution in [2.45, 2.75) is 6.42 Å². The van der Waals surface area contributed by atoms with E-state index in [1.165, 1.54) is 16.2 Å². The molecule has 1 amide bonds. The lowest BCUT2D eigenvalue weighted by Gasteiger charge is -2.28. The van der Waals surface area contributed by atoms with Crippen molar-refractivity contribution in [1.29, 1.82) is 0 Å². The Morgan fingerprint density at radius 2 is 1.60 bits per heavy atom. The van der Waals surface area contributed by atoms with Crippen LogP contribution in [0.3, 0.4) is 0 Å². The van der Waals surface area contributed by atoms with Gasteiger partial charge in [0, 0.05) is 25.8 Å². The number of anilines is 1. The number of nitrogens with one attached hydrogen (secondary N) is 3. The molecule has 3 rings (SSSR count). The number of amides is 1. The lowest BCUT2D eigenvalue weighted by Crippen LogP contribution is -3.28. The van der Waals surface area contributed by atoms with Crippen molar-refractivity contribution in [2.24, 2.45) is 0 Å². The summed E-state index contributed by atoms with van der Waals surface area (Å²) < 4.78 is 0. The van der Waals surface area contributed by atoms with Crippen LogP contribution in [-0.2, 0) is 4.79 Å². The second kappa shape index (κ2) is 12.2. The van der Waals surface area contributed by atoms with Gasteiger partial charge >= 0.3 is 0 Å². The summed E-state index contributed by atoms with van der Waals surface area (Å²) >= 11 is 0. The summed E-state index contributed by atoms with van der Waals surface area (Å²) in [6, 6.07) is 20.8. The zero-order valence-electron chi connectivity index (χ0n) is 18.1. The molecule has 0 spiro atoms. The maximum atomic E-state index is 12.3. The summed E-state index contributed by atoms with van der Waals surface area (Å²) in [6.45, 7) is 7.73. The van der Waals surface area contributed by atoms with E-state index in [1.807, 2.05) is 12.1 Å². The zero-order chi connectivity index (χ0) is 21.0. The third-order valence-electron chi connectivity index (χ3n) is 5.78. The van der Waals surface area contributed by atoms with Crippen LogP contribution in [0.4, 0.5) is 5.69 Å². The smallest absolute Gasteiger partial charge is 0.275 e. The summed E-state index contributed by atoms with van der Waals surface area (Å²) in [5.74, 6) is 0.180. The van der Waals surface area contributed by atoms with Crippen molar-refractivity contribution >= 4 is 17.7 Å². The highest BCUT2D eigenvalue weighted by Gasteiger charge is 2.23. The van der Waals surface area contributed by atoms with E-state index < -0.39 is 0 Å². The lowest BCUT2D eigenvalue weighted by atomic mass is 10.2. The molecule has 1 fully saturated rings. The third kappa shape index (κ3) is 7.65. The maximum Gasteiger partial charge on any atom is 0.275 e. The molecule has 0 aromatic heterocycles. The minimum atomic E-state index is 0.180. The first kappa shape index (κ1) is 22.1. The van der Waals surface area contributed by atoms with E-state index in [4.69, 9.17) is 0 Å². The van der Waals surface area contributed by atoms with E-state index >= 15 is 0 Å². The fourth-order valence-electron chi connectivity index (χ4n) is 3.91. The van der Waals surface area contributed by atoms with Crippen LogP contribution in [0.2, 0.25) is 0 Å². The van der Waals surface area contributed by atoms with E-state index in [9.17, 15) is 4.79 Å². The van der Waals surface area contributed by atoms with Crippen molar-refractivity contribution in [3.8, 4) is 0 Å². The van der Waals surface area contributed by atoms with Gasteiger partial charge in [-0.1, -0.05) is 54.6 Å². The number of piperazine rings is 1. The molecule has 1 saturated heterocycles. The van der Waals surface area contributed by atoms with Gasteiger partial charge < -0.3 is 20.0 Å². The van der Waals surface area contributed by atoms with Gasteiger partial charge in [-0.15, -0.1) is 0 Å². The molecule has 5 heteroatoms. The molecule has 5 nitrogen and oxygen atoms in total. The second-order valence-electron chi connectivity index (χ2n) is 8.15. The fourth-order valence-corrected chi connectivity index (χ4v) is 3.91. The molecule has 160 valence electrons. The number of benzene rings is 2. The highest BCUT2D eigenvalue weighted by atomic mass is 16.2. The maximum absolute atomic E-state index is 12.3. The van der Waals surface area contributed by atoms with Crippen molar-refractivity contribution in [3.63, 3.8) is 0 Å². The van der Waals surface area contributed by atoms with Crippen molar-refractivity contribution in [1.82, 2.24) is 5.32 Å². The summed E-state index contributed by atoms with van der Waals surface area (Å²) in [4.78, 5) is 17.5. The highest BCUT2D eigenvalue weighted by molar-refractivity contribution is 5.76. The van der Waals surface area contributed by atoms with E-state index in [0.29, 0.717) is 6.54 Å². The minimum absolute atomic E-state index is 0.180. The van der Waals surface area contributed by atoms with E-state index in [1.54, 1.807) is 4.90 Å². The van der Waals surface area contributed by atoms with Crippen LogP contribution in [0.5, 0.6) is 0 Å². The molecule has 1 aliphatic heterocycles. The van der Waals surface area contributed by atoms with Gasteiger partial charge in [-0.05, 0) is 30.2 Å². The number of nitrogens with zero attached hydrogens (tertiary/aromatic N) is 1. The summed E-state index contributed by atoms with van der Waals surface area (Å²) in [5, 5.41) is 3.10. The minimum Gasteiger partial charge on any atom is -0.375 e. The molecule has 1 heterocycles. The average Bonchev–Trinajstić information content (AvgIpc) is 2.79. The quantitative estimate of drug-likeness (QED) is 0.489. The highest BCUT2D eigenvalue weighted by Crippen LogP contribution is 2.10. The van der Waals surface area contributed by atoms with Crippen LogP contribution in [0.1, 0.15) is 12.0 Å². The Bertz CT molecular complexity index is 770. The summed E-state index contributed by atoms with van der Waals surface area (Å²) in [6.07, 6.45) is 5.43. The van der Waals surface area contributed by atoms with E-state index in [-0.39, 0.29) is 5.91 Å². The second-order valence-corrected chi connectivity index (χ2v) is 8.15. The molecular weight excluding hydrogens is 372 g/mol. The van der Waals surface area contributed by atoms with Crippen molar-refractivity contribution in [3.05, 3.63) is 72.3 Å². The van der Waals surface area contributed by atoms with Gasteiger partial charge in [0.1, 0.15) is 26.2 Å². The molecule has 2 aromatic carbocycles. The molecule has 1 aliphatic rings. The van der Waals surface area contributed by atoms with E-state index in [2.05, 4.69) is 77.9 Å². The molecule has 0 unspecified atom stereocenters. The Hall–Kier alpha value is -2.63. The first-order chi connectivity index (χ1) is 14.7. The number of rotatable bonds is 10. The molecule has 30 heavy (non-hydrogen) atoms. The number of carbonyl (C=O) groups is 1. The van der Waals surface area contributed by atoms with Crippen LogP contribution < -0.4 is 20.0 Å². The van der Waals surface area contributed by atoms with Gasteiger partial charge in [-0.25, -0.2) is 0 Å². The summed E-state index contributed by atoms with van der Waals surface area (Å²) in [7, 11) is 2.10. The lowest BCUT2D eigenvalue weighted by molar-refractivity contribution is -1.01. The molecule has 0 bridgehead atoms. The van der Waals surface area contributed by atoms with Crippen LogP contribution in [0, 0.1) is 0 Å². The number of quaternary nitrogens is 2. The number of para-hydroxylation sites is 1. The first-order valence-electron chi connectivity index (χ1n) is 11.1. The molecule has 0 saturated carbocycles. The van der Waals surface area contributed by atoms with Crippen molar-refractivity contribution < 1.29 is 14.6 Å². The molecular formula is C25H36N4O+2. The largest absolute Gasteiger partial charge is 0.375 e. The Morgan fingerprint density at radius 3 is 2.30 bits per heavy atom. The molecule has 2 aromatic rings. The number of carbonyl (C=O) groups excluding carboxylic acids is 1. The number of hydrogen-bond acceptors (Lipinski definition) is 2. The standard InChI is InChI=1S/C25H34N4O/c1-27(24-13-6-3-7-14-24)16-9-15-26-25(30)22-29-20-18-28(19-21-29)17-8-12-23-10-4-2-5-11-23/h2-8,10-14H,9,15-22H2,1H3,(H,26,30)/p+2/b12-8+. The van der Waals surface area contributed by atoms with E-state index in [0.717, 1.165) is 52.2 Å². The summed E-state index contributed by atoms with van der Waals surface area (Å²) in [5.41, 5.74) is 2.47. The van der Waals surface area contributed by atoms with Gasteiger partial charge in [0.05, 0.1) is 6.54 Å². The van der Waals surface area contributed by atoms with Gasteiger partial charge in [0.2, 0.25) is 0 Å². The third-order valence-corrected chi connectivity index (χ3v) is 5.78. The van der Waals surface area contributed by atoms with Crippen LogP contribution in [0.25, 0.3) is 6.08 Å². The predicted molar refractivity (Wildman–Crippen MR) is 124 cm³/mol. The number of hydrogen-bond donors (Lipinski definition) is 3. The topological polar surface area (TPSA) is 41.2 Å². The normalized spacial score (nSPS) is 19.0. The monoisotopic (exact) mass is 408 g/mol. The van der Waals surface area contributed by atoms with Crippen LogP contribution >= 0.6 is 0 Å². The predicted octanol–water partition coefficient (Wildman–Crippen LogP) is 0.126. The Labute approximate surface area is 181 Å². The average molecular weight is 409 g/mol. The molecule has 0 aliphatic carbocycles. The fraction of sp³-hybridized carbons (Fsp3) is 0.400. The SMILES string of the molecule is CN(CCCNC(=O)C[NH+]1CC[NH+](C/C=C/c2ccccc2)CC1)c1ccccc1. The Kier molecular flexibility index (Phi) is 8.94. The van der Waals surface area contributed by atoms with Crippen LogP contribution in [0.15, 0.2) is 66.7 Å².